The molecule has 0 spiro atoms. The van der Waals surface area contributed by atoms with Crippen molar-refractivity contribution in [3.8, 4) is 0 Å². The predicted octanol–water partition coefficient (Wildman–Crippen LogP) is 1.36. The fraction of sp³-hybridized carbons (Fsp3) is 0.529. The van der Waals surface area contributed by atoms with Gasteiger partial charge in [0.2, 0.25) is 5.91 Å². The van der Waals surface area contributed by atoms with E-state index in [0.29, 0.717) is 24.6 Å². The quantitative estimate of drug-likeness (QED) is 0.893. The molecule has 1 fully saturated rings. The van der Waals surface area contributed by atoms with Gasteiger partial charge >= 0.3 is 0 Å². The molecule has 1 saturated heterocycles. The number of nitrogens with one attached hydrogen (secondary N) is 1. The Morgan fingerprint density at radius 2 is 1.73 bits per heavy atom. The second kappa shape index (κ2) is 7.94. The molecule has 1 aromatic rings. The summed E-state index contributed by atoms with van der Waals surface area (Å²) < 4.78 is 0. The monoisotopic (exact) mass is 303 g/mol. The number of hydrogen-bond donors (Lipinski definition) is 1. The molecular formula is C17H25N3O2. The van der Waals surface area contributed by atoms with Crippen molar-refractivity contribution in [2.75, 3.05) is 32.7 Å². The van der Waals surface area contributed by atoms with Crippen LogP contribution in [0.4, 0.5) is 0 Å². The minimum Gasteiger partial charge on any atom is -0.352 e. The highest BCUT2D eigenvalue weighted by atomic mass is 16.2. The number of rotatable bonds is 5. The SMILES string of the molecule is CC(C)N1CCN(C(=O)CCNC(=O)c2ccccc2)CC1. The van der Waals surface area contributed by atoms with Gasteiger partial charge in [-0.25, -0.2) is 0 Å². The zero-order valence-electron chi connectivity index (χ0n) is 13.4. The zero-order valence-corrected chi connectivity index (χ0v) is 13.4. The van der Waals surface area contributed by atoms with E-state index < -0.39 is 0 Å². The first-order chi connectivity index (χ1) is 10.6. The Balaban J connectivity index is 1.69. The van der Waals surface area contributed by atoms with Crippen molar-refractivity contribution < 1.29 is 9.59 Å². The highest BCUT2D eigenvalue weighted by Gasteiger charge is 2.22. The van der Waals surface area contributed by atoms with Gasteiger partial charge in [0.1, 0.15) is 0 Å². The van der Waals surface area contributed by atoms with E-state index in [0.717, 1.165) is 26.2 Å². The van der Waals surface area contributed by atoms with E-state index in [1.807, 2.05) is 23.1 Å². The molecule has 1 aliphatic rings. The number of benzene rings is 1. The van der Waals surface area contributed by atoms with E-state index in [9.17, 15) is 9.59 Å². The van der Waals surface area contributed by atoms with Gasteiger partial charge in [-0.15, -0.1) is 0 Å². The second-order valence-electron chi connectivity index (χ2n) is 5.88. The molecule has 2 rings (SSSR count). The van der Waals surface area contributed by atoms with Crippen molar-refractivity contribution in [1.82, 2.24) is 15.1 Å². The summed E-state index contributed by atoms with van der Waals surface area (Å²) in [6.45, 7) is 8.16. The molecule has 0 aliphatic carbocycles. The standard InChI is InChI=1S/C17H25N3O2/c1-14(2)19-10-12-20(13-11-19)16(21)8-9-18-17(22)15-6-4-3-5-7-15/h3-7,14H,8-13H2,1-2H3,(H,18,22). The average molecular weight is 303 g/mol. The van der Waals surface area contributed by atoms with Crippen molar-refractivity contribution >= 4 is 11.8 Å². The van der Waals surface area contributed by atoms with Crippen molar-refractivity contribution in [1.29, 1.82) is 0 Å². The highest BCUT2D eigenvalue weighted by molar-refractivity contribution is 5.94. The van der Waals surface area contributed by atoms with Crippen LogP contribution in [0.2, 0.25) is 0 Å². The molecule has 1 heterocycles. The minimum absolute atomic E-state index is 0.122. The Kier molecular flexibility index (Phi) is 5.95. The highest BCUT2D eigenvalue weighted by Crippen LogP contribution is 2.07. The molecule has 0 saturated carbocycles. The number of carbonyl (C=O) groups is 2. The Hall–Kier alpha value is -1.88. The van der Waals surface area contributed by atoms with Crippen molar-refractivity contribution in [3.05, 3.63) is 35.9 Å². The van der Waals surface area contributed by atoms with E-state index in [-0.39, 0.29) is 11.8 Å². The first kappa shape index (κ1) is 16.5. The van der Waals surface area contributed by atoms with Gasteiger partial charge in [0.15, 0.2) is 0 Å². The van der Waals surface area contributed by atoms with Crippen LogP contribution in [0.1, 0.15) is 30.6 Å². The second-order valence-corrected chi connectivity index (χ2v) is 5.88. The molecular weight excluding hydrogens is 278 g/mol. The fourth-order valence-corrected chi connectivity index (χ4v) is 2.62. The molecule has 22 heavy (non-hydrogen) atoms. The Labute approximate surface area is 132 Å². The lowest BCUT2D eigenvalue weighted by atomic mass is 10.2. The smallest absolute Gasteiger partial charge is 0.251 e. The van der Waals surface area contributed by atoms with Crippen LogP contribution in [0.3, 0.4) is 0 Å². The van der Waals surface area contributed by atoms with Crippen LogP contribution < -0.4 is 5.32 Å². The molecule has 120 valence electrons. The van der Waals surface area contributed by atoms with Crippen LogP contribution in [-0.4, -0.2) is 60.4 Å². The van der Waals surface area contributed by atoms with Crippen molar-refractivity contribution in [2.24, 2.45) is 0 Å². The summed E-state index contributed by atoms with van der Waals surface area (Å²) in [4.78, 5) is 28.3. The van der Waals surface area contributed by atoms with Crippen LogP contribution in [0.5, 0.6) is 0 Å². The molecule has 1 N–H and O–H groups in total. The summed E-state index contributed by atoms with van der Waals surface area (Å²) in [5.74, 6) is -0.00482. The van der Waals surface area contributed by atoms with Crippen molar-refractivity contribution in [3.63, 3.8) is 0 Å². The molecule has 5 heteroatoms. The first-order valence-electron chi connectivity index (χ1n) is 7.93. The van der Waals surface area contributed by atoms with Crippen LogP contribution in [-0.2, 0) is 4.79 Å². The number of hydrogen-bond acceptors (Lipinski definition) is 3. The van der Waals surface area contributed by atoms with Crippen LogP contribution in [0, 0.1) is 0 Å². The maximum atomic E-state index is 12.1. The van der Waals surface area contributed by atoms with Crippen LogP contribution in [0.15, 0.2) is 30.3 Å². The van der Waals surface area contributed by atoms with E-state index >= 15 is 0 Å². The van der Waals surface area contributed by atoms with E-state index in [2.05, 4.69) is 24.1 Å². The Morgan fingerprint density at radius 1 is 1.09 bits per heavy atom. The third-order valence-electron chi connectivity index (χ3n) is 4.06. The lowest BCUT2D eigenvalue weighted by molar-refractivity contribution is -0.133. The predicted molar refractivity (Wildman–Crippen MR) is 86.7 cm³/mol. The maximum absolute atomic E-state index is 12.1. The maximum Gasteiger partial charge on any atom is 0.251 e. The summed E-state index contributed by atoms with van der Waals surface area (Å²) >= 11 is 0. The number of nitrogens with zero attached hydrogens (tertiary/aromatic N) is 2. The third kappa shape index (κ3) is 4.56. The largest absolute Gasteiger partial charge is 0.352 e. The number of carbonyl (C=O) groups excluding carboxylic acids is 2. The van der Waals surface area contributed by atoms with E-state index in [1.165, 1.54) is 0 Å². The number of amides is 2. The third-order valence-corrected chi connectivity index (χ3v) is 4.06. The van der Waals surface area contributed by atoms with Gasteiger partial charge in [0.25, 0.3) is 5.91 Å². The molecule has 5 nitrogen and oxygen atoms in total. The number of piperazine rings is 1. The van der Waals surface area contributed by atoms with Gasteiger partial charge in [-0.2, -0.15) is 0 Å². The summed E-state index contributed by atoms with van der Waals surface area (Å²) in [5, 5.41) is 2.80. The molecule has 0 bridgehead atoms. The van der Waals surface area contributed by atoms with Crippen molar-refractivity contribution in [2.45, 2.75) is 26.3 Å². The molecule has 2 amide bonds. The lowest BCUT2D eigenvalue weighted by Crippen LogP contribution is -2.51. The Bertz CT molecular complexity index is 494. The minimum atomic E-state index is -0.127. The lowest BCUT2D eigenvalue weighted by Gasteiger charge is -2.37. The van der Waals surface area contributed by atoms with Gasteiger partial charge in [0, 0.05) is 50.7 Å². The Morgan fingerprint density at radius 3 is 2.32 bits per heavy atom. The van der Waals surface area contributed by atoms with E-state index in [1.54, 1.807) is 12.1 Å². The summed E-state index contributed by atoms with van der Waals surface area (Å²) in [5.41, 5.74) is 0.625. The first-order valence-corrected chi connectivity index (χ1v) is 7.93. The van der Waals surface area contributed by atoms with E-state index in [4.69, 9.17) is 0 Å². The van der Waals surface area contributed by atoms with Gasteiger partial charge in [-0.05, 0) is 26.0 Å². The molecule has 0 unspecified atom stereocenters. The molecule has 0 radical (unpaired) electrons. The fourth-order valence-electron chi connectivity index (χ4n) is 2.62. The average Bonchev–Trinajstić information content (AvgIpc) is 2.55. The molecule has 0 atom stereocenters. The van der Waals surface area contributed by atoms with Crippen LogP contribution >= 0.6 is 0 Å². The van der Waals surface area contributed by atoms with Gasteiger partial charge in [0.05, 0.1) is 0 Å². The molecule has 1 aliphatic heterocycles. The summed E-state index contributed by atoms with van der Waals surface area (Å²) in [6, 6.07) is 9.59. The van der Waals surface area contributed by atoms with Gasteiger partial charge in [-0.1, -0.05) is 18.2 Å². The normalized spacial score (nSPS) is 15.9. The van der Waals surface area contributed by atoms with Gasteiger partial charge in [-0.3, -0.25) is 14.5 Å². The summed E-state index contributed by atoms with van der Waals surface area (Å²) in [6.07, 6.45) is 0.361. The molecule has 0 aromatic heterocycles. The summed E-state index contributed by atoms with van der Waals surface area (Å²) in [7, 11) is 0. The van der Waals surface area contributed by atoms with Crippen LogP contribution in [0.25, 0.3) is 0 Å². The topological polar surface area (TPSA) is 52.6 Å². The zero-order chi connectivity index (χ0) is 15.9. The molecule has 1 aromatic carbocycles. The van der Waals surface area contributed by atoms with Gasteiger partial charge < -0.3 is 10.2 Å².